The van der Waals surface area contributed by atoms with Crippen LogP contribution < -0.4 is 4.90 Å². The molecule has 2 aromatic carbocycles. The van der Waals surface area contributed by atoms with E-state index in [9.17, 15) is 10.4 Å². The van der Waals surface area contributed by atoms with Crippen molar-refractivity contribution in [2.75, 3.05) is 11.9 Å². The van der Waals surface area contributed by atoms with Gasteiger partial charge in [-0.2, -0.15) is 5.26 Å². The Hall–Kier alpha value is -1.99. The van der Waals surface area contributed by atoms with Crippen LogP contribution in [0.3, 0.4) is 0 Å². The number of halogens is 1. The SMILES string of the molecule is CN(c1cccc(O)c1)c1cccc(Br)c1C#N. The highest BCUT2D eigenvalue weighted by atomic mass is 79.9. The fourth-order valence-corrected chi connectivity index (χ4v) is 2.19. The molecule has 18 heavy (non-hydrogen) atoms. The summed E-state index contributed by atoms with van der Waals surface area (Å²) in [7, 11) is 1.86. The van der Waals surface area contributed by atoms with Crippen LogP contribution in [-0.2, 0) is 0 Å². The van der Waals surface area contributed by atoms with Gasteiger partial charge in [-0.25, -0.2) is 0 Å². The van der Waals surface area contributed by atoms with Crippen LogP contribution in [0.5, 0.6) is 5.75 Å². The van der Waals surface area contributed by atoms with Crippen LogP contribution in [-0.4, -0.2) is 12.2 Å². The number of aromatic hydroxyl groups is 1. The summed E-state index contributed by atoms with van der Waals surface area (Å²) in [6.07, 6.45) is 0. The molecule has 0 saturated heterocycles. The van der Waals surface area contributed by atoms with Gasteiger partial charge in [0.2, 0.25) is 0 Å². The summed E-state index contributed by atoms with van der Waals surface area (Å²) in [5.74, 6) is 0.202. The summed E-state index contributed by atoms with van der Waals surface area (Å²) >= 11 is 3.36. The van der Waals surface area contributed by atoms with Crippen LogP contribution in [0.4, 0.5) is 11.4 Å². The molecule has 1 N–H and O–H groups in total. The molecule has 2 aromatic rings. The highest BCUT2D eigenvalue weighted by molar-refractivity contribution is 9.10. The van der Waals surface area contributed by atoms with E-state index < -0.39 is 0 Å². The Morgan fingerprint density at radius 3 is 2.61 bits per heavy atom. The summed E-state index contributed by atoms with van der Waals surface area (Å²) in [5, 5.41) is 18.7. The minimum atomic E-state index is 0.202. The van der Waals surface area contributed by atoms with E-state index in [-0.39, 0.29) is 5.75 Å². The number of anilines is 2. The van der Waals surface area contributed by atoms with Crippen molar-refractivity contribution in [3.63, 3.8) is 0 Å². The molecule has 90 valence electrons. The summed E-state index contributed by atoms with van der Waals surface area (Å²) < 4.78 is 0.759. The van der Waals surface area contributed by atoms with Gasteiger partial charge in [-0.15, -0.1) is 0 Å². The molecule has 0 amide bonds. The second-order valence-corrected chi connectivity index (χ2v) is 4.68. The third-order valence-corrected chi connectivity index (χ3v) is 3.34. The minimum absolute atomic E-state index is 0.202. The van der Waals surface area contributed by atoms with Gasteiger partial charge >= 0.3 is 0 Å². The van der Waals surface area contributed by atoms with E-state index in [4.69, 9.17) is 0 Å². The van der Waals surface area contributed by atoms with E-state index in [1.54, 1.807) is 18.2 Å². The van der Waals surface area contributed by atoms with Gasteiger partial charge in [0.15, 0.2) is 0 Å². The second kappa shape index (κ2) is 5.11. The molecular weight excluding hydrogens is 292 g/mol. The lowest BCUT2D eigenvalue weighted by Crippen LogP contribution is -2.11. The van der Waals surface area contributed by atoms with Crippen molar-refractivity contribution in [1.82, 2.24) is 0 Å². The molecule has 0 bridgehead atoms. The molecule has 3 nitrogen and oxygen atoms in total. The first-order valence-corrected chi connectivity index (χ1v) is 6.14. The number of nitrogens with zero attached hydrogens (tertiary/aromatic N) is 2. The first-order valence-electron chi connectivity index (χ1n) is 5.35. The molecule has 0 spiro atoms. The first kappa shape index (κ1) is 12.5. The van der Waals surface area contributed by atoms with Crippen LogP contribution in [0.15, 0.2) is 46.9 Å². The molecule has 0 aliphatic rings. The highest BCUT2D eigenvalue weighted by Crippen LogP contribution is 2.32. The molecular formula is C14H11BrN2O. The van der Waals surface area contributed by atoms with E-state index >= 15 is 0 Å². The minimum Gasteiger partial charge on any atom is -0.508 e. The Kier molecular flexibility index (Phi) is 3.54. The standard InChI is InChI=1S/C14H11BrN2O/c1-17(10-4-2-5-11(18)8-10)14-7-3-6-13(15)12(14)9-16/h2-8,18H,1H3. The predicted molar refractivity (Wildman–Crippen MR) is 75.0 cm³/mol. The molecule has 2 rings (SSSR count). The van der Waals surface area contributed by atoms with E-state index in [1.165, 1.54) is 0 Å². The number of hydrogen-bond acceptors (Lipinski definition) is 3. The van der Waals surface area contributed by atoms with Crippen LogP contribution in [0.2, 0.25) is 0 Å². The number of hydrogen-bond donors (Lipinski definition) is 1. The maximum absolute atomic E-state index is 9.49. The van der Waals surface area contributed by atoms with E-state index in [2.05, 4.69) is 22.0 Å². The zero-order valence-electron chi connectivity index (χ0n) is 9.76. The Morgan fingerprint density at radius 2 is 1.94 bits per heavy atom. The van der Waals surface area contributed by atoms with E-state index in [0.717, 1.165) is 15.8 Å². The lowest BCUT2D eigenvalue weighted by atomic mass is 10.1. The molecule has 0 aromatic heterocycles. The topological polar surface area (TPSA) is 47.3 Å². The Balaban J connectivity index is 2.50. The van der Waals surface area contributed by atoms with Gasteiger partial charge in [0.25, 0.3) is 0 Å². The van der Waals surface area contributed by atoms with Gasteiger partial charge in [0.1, 0.15) is 11.8 Å². The van der Waals surface area contributed by atoms with Gasteiger partial charge < -0.3 is 10.0 Å². The van der Waals surface area contributed by atoms with Crippen LogP contribution in [0, 0.1) is 11.3 Å². The predicted octanol–water partition coefficient (Wildman–Crippen LogP) is 3.79. The molecule has 0 saturated carbocycles. The Morgan fingerprint density at radius 1 is 1.22 bits per heavy atom. The van der Waals surface area contributed by atoms with Crippen molar-refractivity contribution >= 4 is 27.3 Å². The van der Waals surface area contributed by atoms with Crippen LogP contribution >= 0.6 is 15.9 Å². The summed E-state index contributed by atoms with van der Waals surface area (Å²) in [4.78, 5) is 1.86. The fraction of sp³-hybridized carbons (Fsp3) is 0.0714. The zero-order valence-corrected chi connectivity index (χ0v) is 11.3. The van der Waals surface area contributed by atoms with Crippen LogP contribution in [0.1, 0.15) is 5.56 Å². The summed E-state index contributed by atoms with van der Waals surface area (Å²) in [6, 6.07) is 14.7. The number of phenols is 1. The molecule has 0 fully saturated rings. The quantitative estimate of drug-likeness (QED) is 0.918. The van der Waals surface area contributed by atoms with Crippen molar-refractivity contribution in [2.24, 2.45) is 0 Å². The van der Waals surface area contributed by atoms with Gasteiger partial charge in [0.05, 0.1) is 11.3 Å². The lowest BCUT2D eigenvalue weighted by molar-refractivity contribution is 0.475. The van der Waals surface area contributed by atoms with Gasteiger partial charge in [-0.3, -0.25) is 0 Å². The first-order chi connectivity index (χ1) is 8.63. The fourth-order valence-electron chi connectivity index (χ4n) is 1.74. The average molecular weight is 303 g/mol. The third kappa shape index (κ3) is 2.31. The number of rotatable bonds is 2. The highest BCUT2D eigenvalue weighted by Gasteiger charge is 2.11. The van der Waals surface area contributed by atoms with Crippen molar-refractivity contribution in [2.45, 2.75) is 0 Å². The maximum atomic E-state index is 9.49. The second-order valence-electron chi connectivity index (χ2n) is 3.82. The molecule has 0 aliphatic carbocycles. The van der Waals surface area contributed by atoms with Gasteiger partial charge in [-0.05, 0) is 40.2 Å². The summed E-state index contributed by atoms with van der Waals surface area (Å²) in [6.45, 7) is 0. The molecule has 4 heteroatoms. The Bertz CT molecular complexity index is 619. The van der Waals surface area contributed by atoms with E-state index in [0.29, 0.717) is 5.56 Å². The third-order valence-electron chi connectivity index (χ3n) is 2.68. The number of phenolic OH excluding ortho intramolecular Hbond substituents is 1. The molecule has 0 heterocycles. The molecule has 0 aliphatic heterocycles. The molecule has 0 radical (unpaired) electrons. The normalized spacial score (nSPS) is 9.83. The monoisotopic (exact) mass is 302 g/mol. The van der Waals surface area contributed by atoms with Crippen molar-refractivity contribution < 1.29 is 5.11 Å². The van der Waals surface area contributed by atoms with Gasteiger partial charge in [-0.1, -0.05) is 12.1 Å². The molecule has 0 atom stereocenters. The Labute approximate surface area is 114 Å². The zero-order chi connectivity index (χ0) is 13.1. The van der Waals surface area contributed by atoms with Crippen molar-refractivity contribution in [3.8, 4) is 11.8 Å². The van der Waals surface area contributed by atoms with Crippen molar-refractivity contribution in [3.05, 3.63) is 52.5 Å². The van der Waals surface area contributed by atoms with Crippen LogP contribution in [0.25, 0.3) is 0 Å². The average Bonchev–Trinajstić information content (AvgIpc) is 2.37. The largest absolute Gasteiger partial charge is 0.508 e. The van der Waals surface area contributed by atoms with Gasteiger partial charge in [0, 0.05) is 23.3 Å². The van der Waals surface area contributed by atoms with Crippen molar-refractivity contribution in [1.29, 1.82) is 5.26 Å². The van der Waals surface area contributed by atoms with E-state index in [1.807, 2.05) is 36.2 Å². The number of nitriles is 1. The molecule has 0 unspecified atom stereocenters. The number of benzene rings is 2. The smallest absolute Gasteiger partial charge is 0.117 e. The maximum Gasteiger partial charge on any atom is 0.117 e. The lowest BCUT2D eigenvalue weighted by Gasteiger charge is -2.21. The summed E-state index contributed by atoms with van der Waals surface area (Å²) in [5.41, 5.74) is 2.19.